The summed E-state index contributed by atoms with van der Waals surface area (Å²) < 4.78 is 5.33. The molecular formula is C17H32N2O2. The second-order valence-corrected chi connectivity index (χ2v) is 8.45. The molecule has 0 aromatic rings. The highest BCUT2D eigenvalue weighted by Gasteiger charge is 2.59. The maximum atomic E-state index is 11.8. The second kappa shape index (κ2) is 5.79. The van der Waals surface area contributed by atoms with E-state index >= 15 is 0 Å². The summed E-state index contributed by atoms with van der Waals surface area (Å²) >= 11 is 0. The highest BCUT2D eigenvalue weighted by molar-refractivity contribution is 5.68. The first kappa shape index (κ1) is 16.6. The Balaban J connectivity index is 1.76. The fourth-order valence-corrected chi connectivity index (χ4v) is 4.27. The van der Waals surface area contributed by atoms with Crippen LogP contribution in [0.1, 0.15) is 60.3 Å². The molecule has 0 aromatic carbocycles. The average Bonchev–Trinajstić information content (AvgIpc) is 2.89. The molecule has 0 bridgehead atoms. The first-order chi connectivity index (χ1) is 9.65. The number of ether oxygens (including phenoxy) is 1. The van der Waals surface area contributed by atoms with Gasteiger partial charge in [-0.2, -0.15) is 0 Å². The third-order valence-electron chi connectivity index (χ3n) is 5.39. The van der Waals surface area contributed by atoms with Crippen LogP contribution in [-0.4, -0.2) is 24.3 Å². The molecule has 2 aliphatic carbocycles. The number of alkyl carbamates (subject to hydrolysis) is 1. The van der Waals surface area contributed by atoms with Gasteiger partial charge in [0, 0.05) is 6.04 Å². The van der Waals surface area contributed by atoms with Gasteiger partial charge in [0.25, 0.3) is 0 Å². The molecular weight excluding hydrogens is 264 g/mol. The van der Waals surface area contributed by atoms with Gasteiger partial charge in [0.2, 0.25) is 0 Å². The van der Waals surface area contributed by atoms with Crippen LogP contribution in [0.2, 0.25) is 0 Å². The quantitative estimate of drug-likeness (QED) is 0.840. The molecule has 4 nitrogen and oxygen atoms in total. The monoisotopic (exact) mass is 296 g/mol. The van der Waals surface area contributed by atoms with E-state index in [9.17, 15) is 4.79 Å². The smallest absolute Gasteiger partial charge is 0.407 e. The molecule has 4 heteroatoms. The molecule has 0 heterocycles. The van der Waals surface area contributed by atoms with Crippen LogP contribution >= 0.6 is 0 Å². The fraction of sp³-hybridized carbons (Fsp3) is 0.941. The van der Waals surface area contributed by atoms with Crippen LogP contribution in [-0.2, 0) is 4.74 Å². The summed E-state index contributed by atoms with van der Waals surface area (Å²) in [5, 5.41) is 3.02. The van der Waals surface area contributed by atoms with E-state index in [0.717, 1.165) is 31.2 Å². The zero-order valence-corrected chi connectivity index (χ0v) is 14.2. The Morgan fingerprint density at radius 1 is 1.24 bits per heavy atom. The third-order valence-corrected chi connectivity index (χ3v) is 5.39. The largest absolute Gasteiger partial charge is 0.444 e. The Hall–Kier alpha value is -0.770. The Morgan fingerprint density at radius 3 is 2.24 bits per heavy atom. The van der Waals surface area contributed by atoms with E-state index in [2.05, 4.69) is 19.2 Å². The molecule has 0 spiro atoms. The molecule has 21 heavy (non-hydrogen) atoms. The van der Waals surface area contributed by atoms with Gasteiger partial charge in [-0.15, -0.1) is 0 Å². The molecule has 2 saturated carbocycles. The maximum absolute atomic E-state index is 11.8. The van der Waals surface area contributed by atoms with Gasteiger partial charge in [-0.25, -0.2) is 4.79 Å². The van der Waals surface area contributed by atoms with Crippen LogP contribution in [0.4, 0.5) is 4.79 Å². The van der Waals surface area contributed by atoms with Crippen molar-refractivity contribution in [2.24, 2.45) is 28.9 Å². The molecule has 2 rings (SSSR count). The Kier molecular flexibility index (Phi) is 4.57. The normalized spacial score (nSPS) is 35.1. The molecule has 1 amide bonds. The molecule has 2 atom stereocenters. The van der Waals surface area contributed by atoms with E-state index in [1.807, 2.05) is 20.8 Å². The van der Waals surface area contributed by atoms with Gasteiger partial charge in [-0.05, 0) is 76.2 Å². The summed E-state index contributed by atoms with van der Waals surface area (Å²) in [6.07, 6.45) is 4.25. The van der Waals surface area contributed by atoms with Gasteiger partial charge in [-0.1, -0.05) is 13.8 Å². The average molecular weight is 296 g/mol. The summed E-state index contributed by atoms with van der Waals surface area (Å²) in [4.78, 5) is 11.8. The minimum atomic E-state index is -0.423. The number of hydrogen-bond acceptors (Lipinski definition) is 3. The van der Waals surface area contributed by atoms with Crippen molar-refractivity contribution in [3.8, 4) is 0 Å². The minimum Gasteiger partial charge on any atom is -0.444 e. The van der Waals surface area contributed by atoms with Gasteiger partial charge < -0.3 is 15.8 Å². The van der Waals surface area contributed by atoms with Gasteiger partial charge in [0.1, 0.15) is 5.60 Å². The number of nitrogens with two attached hydrogens (primary N) is 1. The standard InChI is InChI=1S/C17H32N2O2/c1-16(2,3)21-15(20)19-12-8-6-11(7-9-12)14-13(10-18)17(14,4)5/h11-14H,6-10,18H2,1-5H3,(H,19,20). The van der Waals surface area contributed by atoms with Crippen molar-refractivity contribution in [2.45, 2.75) is 71.9 Å². The van der Waals surface area contributed by atoms with Crippen molar-refractivity contribution < 1.29 is 9.53 Å². The van der Waals surface area contributed by atoms with Crippen molar-refractivity contribution in [3.05, 3.63) is 0 Å². The predicted octanol–water partition coefficient (Wildman–Crippen LogP) is 3.30. The Morgan fingerprint density at radius 2 is 1.81 bits per heavy atom. The first-order valence-electron chi connectivity index (χ1n) is 8.34. The maximum Gasteiger partial charge on any atom is 0.407 e. The number of carbonyl (C=O) groups is 1. The van der Waals surface area contributed by atoms with Crippen LogP contribution in [0.15, 0.2) is 0 Å². The number of rotatable bonds is 3. The SMILES string of the molecule is CC(C)(C)OC(=O)NC1CCC(C2C(CN)C2(C)C)CC1. The van der Waals surface area contributed by atoms with Crippen molar-refractivity contribution in [2.75, 3.05) is 6.54 Å². The molecule has 2 aliphatic rings. The molecule has 2 unspecified atom stereocenters. The minimum absolute atomic E-state index is 0.272. The Bertz CT molecular complexity index is 379. The van der Waals surface area contributed by atoms with Gasteiger partial charge in [0.05, 0.1) is 0 Å². The molecule has 122 valence electrons. The number of carbonyl (C=O) groups excluding carboxylic acids is 1. The van der Waals surface area contributed by atoms with Crippen LogP contribution in [0.3, 0.4) is 0 Å². The van der Waals surface area contributed by atoms with Crippen molar-refractivity contribution in [1.82, 2.24) is 5.32 Å². The molecule has 0 aliphatic heterocycles. The second-order valence-electron chi connectivity index (χ2n) is 8.45. The van der Waals surface area contributed by atoms with Crippen molar-refractivity contribution in [3.63, 3.8) is 0 Å². The van der Waals surface area contributed by atoms with Gasteiger partial charge in [0.15, 0.2) is 0 Å². The fourth-order valence-electron chi connectivity index (χ4n) is 4.27. The molecule has 2 fully saturated rings. The lowest BCUT2D eigenvalue weighted by molar-refractivity contribution is 0.0484. The zero-order chi connectivity index (χ0) is 15.8. The molecule has 0 radical (unpaired) electrons. The lowest BCUT2D eigenvalue weighted by atomic mass is 9.81. The summed E-state index contributed by atoms with van der Waals surface area (Å²) in [7, 11) is 0. The van der Waals surface area contributed by atoms with Crippen LogP contribution in [0, 0.1) is 23.2 Å². The van der Waals surface area contributed by atoms with Crippen LogP contribution in [0.25, 0.3) is 0 Å². The number of nitrogens with one attached hydrogen (secondary N) is 1. The summed E-state index contributed by atoms with van der Waals surface area (Å²) in [6.45, 7) is 11.2. The molecule has 3 N–H and O–H groups in total. The van der Waals surface area contributed by atoms with Crippen LogP contribution in [0.5, 0.6) is 0 Å². The van der Waals surface area contributed by atoms with E-state index < -0.39 is 5.60 Å². The highest BCUT2D eigenvalue weighted by Crippen LogP contribution is 2.63. The van der Waals surface area contributed by atoms with Gasteiger partial charge >= 0.3 is 6.09 Å². The van der Waals surface area contributed by atoms with E-state index in [-0.39, 0.29) is 12.1 Å². The summed E-state index contributed by atoms with van der Waals surface area (Å²) in [5.41, 5.74) is 5.88. The topological polar surface area (TPSA) is 64.3 Å². The van der Waals surface area contributed by atoms with Crippen molar-refractivity contribution in [1.29, 1.82) is 0 Å². The van der Waals surface area contributed by atoms with E-state index in [0.29, 0.717) is 11.3 Å². The molecule has 0 saturated heterocycles. The Labute approximate surface area is 129 Å². The number of hydrogen-bond donors (Lipinski definition) is 2. The highest BCUT2D eigenvalue weighted by atomic mass is 16.6. The van der Waals surface area contributed by atoms with Crippen LogP contribution < -0.4 is 11.1 Å². The zero-order valence-electron chi connectivity index (χ0n) is 14.2. The number of amides is 1. The van der Waals surface area contributed by atoms with E-state index in [1.54, 1.807) is 0 Å². The lowest BCUT2D eigenvalue weighted by Gasteiger charge is -2.31. The first-order valence-corrected chi connectivity index (χ1v) is 8.34. The van der Waals surface area contributed by atoms with E-state index in [1.165, 1.54) is 12.8 Å². The predicted molar refractivity (Wildman–Crippen MR) is 84.9 cm³/mol. The van der Waals surface area contributed by atoms with Gasteiger partial charge in [-0.3, -0.25) is 0 Å². The molecule has 0 aromatic heterocycles. The van der Waals surface area contributed by atoms with Crippen molar-refractivity contribution >= 4 is 6.09 Å². The summed E-state index contributed by atoms with van der Waals surface area (Å²) in [6, 6.07) is 0.272. The lowest BCUT2D eigenvalue weighted by Crippen LogP contribution is -2.41. The van der Waals surface area contributed by atoms with E-state index in [4.69, 9.17) is 10.5 Å². The third kappa shape index (κ3) is 3.91. The summed E-state index contributed by atoms with van der Waals surface area (Å²) in [5.74, 6) is 2.26.